The zero-order valence-electron chi connectivity index (χ0n) is 8.25. The van der Waals surface area contributed by atoms with Crippen molar-refractivity contribution < 1.29 is 5.11 Å². The van der Waals surface area contributed by atoms with Crippen LogP contribution in [0.15, 0.2) is 29.8 Å². The van der Waals surface area contributed by atoms with Gasteiger partial charge in [0.15, 0.2) is 0 Å². The highest BCUT2D eigenvalue weighted by Gasteiger charge is 1.90. The molecule has 0 atom stereocenters. The highest BCUT2D eigenvalue weighted by atomic mass is 16.2. The van der Waals surface area contributed by atoms with Gasteiger partial charge in [0.2, 0.25) is 0 Å². The van der Waals surface area contributed by atoms with Crippen LogP contribution < -0.4 is 0 Å². The maximum Gasteiger partial charge on any atom is 0.0468 e. The third-order valence-electron chi connectivity index (χ3n) is 2.00. The van der Waals surface area contributed by atoms with Crippen molar-refractivity contribution in [1.82, 2.24) is 0 Å². The summed E-state index contributed by atoms with van der Waals surface area (Å²) in [5, 5.41) is 8.72. The summed E-state index contributed by atoms with van der Waals surface area (Å²) in [5.41, 5.74) is 3.69. The number of benzene rings is 1. The first-order valence-electron chi connectivity index (χ1n) is 4.57. The molecule has 70 valence electrons. The van der Waals surface area contributed by atoms with Gasteiger partial charge in [0.25, 0.3) is 0 Å². The van der Waals surface area contributed by atoms with Crippen molar-refractivity contribution >= 4 is 6.08 Å². The van der Waals surface area contributed by atoms with Crippen molar-refractivity contribution in [2.75, 3.05) is 6.61 Å². The maximum atomic E-state index is 8.72. The molecule has 0 heterocycles. The Morgan fingerprint density at radius 2 is 1.92 bits per heavy atom. The Labute approximate surface area is 79.7 Å². The fourth-order valence-electron chi connectivity index (χ4n) is 1.20. The standard InChI is InChI=1S/C12H16O/c1-10-3-5-12(6-4-10)9-11(2)7-8-13/h3-6,9,13H,7-8H2,1-2H3/b11-9+. The Hall–Kier alpha value is -1.08. The quantitative estimate of drug-likeness (QED) is 0.750. The molecule has 0 aliphatic rings. The number of aryl methyl sites for hydroxylation is 1. The van der Waals surface area contributed by atoms with E-state index in [1.54, 1.807) is 0 Å². The van der Waals surface area contributed by atoms with E-state index in [4.69, 9.17) is 5.11 Å². The Morgan fingerprint density at radius 3 is 2.46 bits per heavy atom. The lowest BCUT2D eigenvalue weighted by Crippen LogP contribution is -1.84. The molecule has 0 unspecified atom stereocenters. The molecule has 1 rings (SSSR count). The summed E-state index contributed by atoms with van der Waals surface area (Å²) in [6.07, 6.45) is 2.86. The fourth-order valence-corrected chi connectivity index (χ4v) is 1.20. The predicted octanol–water partition coefficient (Wildman–Crippen LogP) is 2.78. The van der Waals surface area contributed by atoms with Crippen LogP contribution in [-0.4, -0.2) is 11.7 Å². The molecule has 0 spiro atoms. The van der Waals surface area contributed by atoms with Crippen LogP contribution >= 0.6 is 0 Å². The third-order valence-corrected chi connectivity index (χ3v) is 2.00. The summed E-state index contributed by atoms with van der Waals surface area (Å²) in [5.74, 6) is 0. The molecule has 1 aromatic carbocycles. The van der Waals surface area contributed by atoms with Crippen LogP contribution in [0.3, 0.4) is 0 Å². The van der Waals surface area contributed by atoms with Crippen LogP contribution in [0.25, 0.3) is 6.08 Å². The molecule has 0 saturated carbocycles. The molecule has 0 aliphatic heterocycles. The molecule has 0 fully saturated rings. The Bertz CT molecular complexity index is 282. The Balaban J connectivity index is 2.73. The maximum absolute atomic E-state index is 8.72. The number of hydrogen-bond acceptors (Lipinski definition) is 1. The van der Waals surface area contributed by atoms with Crippen molar-refractivity contribution in [3.63, 3.8) is 0 Å². The van der Waals surface area contributed by atoms with Gasteiger partial charge in [0, 0.05) is 6.61 Å². The van der Waals surface area contributed by atoms with Crippen LogP contribution in [0, 0.1) is 6.92 Å². The van der Waals surface area contributed by atoms with Gasteiger partial charge in [0.1, 0.15) is 0 Å². The zero-order chi connectivity index (χ0) is 9.68. The highest BCUT2D eigenvalue weighted by Crippen LogP contribution is 2.09. The summed E-state index contributed by atoms with van der Waals surface area (Å²) in [4.78, 5) is 0. The number of aliphatic hydroxyl groups is 1. The minimum atomic E-state index is 0.230. The van der Waals surface area contributed by atoms with Crippen molar-refractivity contribution in [2.24, 2.45) is 0 Å². The predicted molar refractivity (Wildman–Crippen MR) is 56.5 cm³/mol. The van der Waals surface area contributed by atoms with E-state index >= 15 is 0 Å². The van der Waals surface area contributed by atoms with E-state index in [2.05, 4.69) is 37.3 Å². The molecule has 0 saturated heterocycles. The lowest BCUT2D eigenvalue weighted by molar-refractivity contribution is 0.299. The lowest BCUT2D eigenvalue weighted by Gasteiger charge is -1.98. The van der Waals surface area contributed by atoms with E-state index in [-0.39, 0.29) is 6.61 Å². The van der Waals surface area contributed by atoms with Crippen LogP contribution in [0.2, 0.25) is 0 Å². The minimum Gasteiger partial charge on any atom is -0.396 e. The summed E-state index contributed by atoms with van der Waals surface area (Å²) in [6, 6.07) is 8.38. The molecule has 1 N–H and O–H groups in total. The monoisotopic (exact) mass is 176 g/mol. The molecule has 1 nitrogen and oxygen atoms in total. The molecule has 13 heavy (non-hydrogen) atoms. The number of aliphatic hydroxyl groups excluding tert-OH is 1. The van der Waals surface area contributed by atoms with Gasteiger partial charge in [-0.2, -0.15) is 0 Å². The van der Waals surface area contributed by atoms with Crippen molar-refractivity contribution in [3.05, 3.63) is 41.0 Å². The van der Waals surface area contributed by atoms with E-state index < -0.39 is 0 Å². The molecule has 0 radical (unpaired) electrons. The molecular formula is C12H16O. The number of rotatable bonds is 3. The van der Waals surface area contributed by atoms with E-state index in [9.17, 15) is 0 Å². The molecular weight excluding hydrogens is 160 g/mol. The average molecular weight is 176 g/mol. The zero-order valence-corrected chi connectivity index (χ0v) is 8.25. The lowest BCUT2D eigenvalue weighted by atomic mass is 10.1. The molecule has 1 aromatic rings. The normalized spacial score (nSPS) is 11.8. The van der Waals surface area contributed by atoms with Crippen LogP contribution in [0.4, 0.5) is 0 Å². The summed E-state index contributed by atoms with van der Waals surface area (Å²) >= 11 is 0. The van der Waals surface area contributed by atoms with Crippen LogP contribution in [-0.2, 0) is 0 Å². The first-order chi connectivity index (χ1) is 6.22. The van der Waals surface area contributed by atoms with Gasteiger partial charge in [-0.25, -0.2) is 0 Å². The molecule has 1 heteroatoms. The van der Waals surface area contributed by atoms with E-state index in [1.165, 1.54) is 16.7 Å². The van der Waals surface area contributed by atoms with Crippen molar-refractivity contribution in [2.45, 2.75) is 20.3 Å². The Morgan fingerprint density at radius 1 is 1.31 bits per heavy atom. The van der Waals surface area contributed by atoms with Gasteiger partial charge < -0.3 is 5.11 Å². The second-order valence-electron chi connectivity index (χ2n) is 3.37. The second-order valence-corrected chi connectivity index (χ2v) is 3.37. The van der Waals surface area contributed by atoms with Gasteiger partial charge in [-0.1, -0.05) is 41.5 Å². The second kappa shape index (κ2) is 4.83. The molecule has 0 aliphatic carbocycles. The summed E-state index contributed by atoms with van der Waals surface area (Å²) in [7, 11) is 0. The molecule has 0 aromatic heterocycles. The minimum absolute atomic E-state index is 0.230. The van der Waals surface area contributed by atoms with Crippen molar-refractivity contribution in [1.29, 1.82) is 0 Å². The van der Waals surface area contributed by atoms with Gasteiger partial charge >= 0.3 is 0 Å². The van der Waals surface area contributed by atoms with Gasteiger partial charge in [0.05, 0.1) is 0 Å². The average Bonchev–Trinajstić information content (AvgIpc) is 2.09. The smallest absolute Gasteiger partial charge is 0.0468 e. The van der Waals surface area contributed by atoms with Crippen molar-refractivity contribution in [3.8, 4) is 0 Å². The first-order valence-corrected chi connectivity index (χ1v) is 4.57. The van der Waals surface area contributed by atoms with Gasteiger partial charge in [-0.05, 0) is 25.8 Å². The Kier molecular flexibility index (Phi) is 3.71. The molecule has 0 amide bonds. The van der Waals surface area contributed by atoms with Crippen LogP contribution in [0.1, 0.15) is 24.5 Å². The van der Waals surface area contributed by atoms with Gasteiger partial charge in [-0.15, -0.1) is 0 Å². The number of hydrogen-bond donors (Lipinski definition) is 1. The topological polar surface area (TPSA) is 20.2 Å². The molecule has 0 bridgehead atoms. The summed E-state index contributed by atoms with van der Waals surface area (Å²) < 4.78 is 0. The van der Waals surface area contributed by atoms with E-state index in [0.717, 1.165) is 6.42 Å². The first kappa shape index (κ1) is 10.0. The summed E-state index contributed by atoms with van der Waals surface area (Å²) in [6.45, 7) is 4.35. The highest BCUT2D eigenvalue weighted by molar-refractivity contribution is 5.52. The third kappa shape index (κ3) is 3.43. The van der Waals surface area contributed by atoms with Gasteiger partial charge in [-0.3, -0.25) is 0 Å². The largest absolute Gasteiger partial charge is 0.396 e. The fraction of sp³-hybridized carbons (Fsp3) is 0.333. The van der Waals surface area contributed by atoms with E-state index in [0.29, 0.717) is 0 Å². The van der Waals surface area contributed by atoms with E-state index in [1.807, 2.05) is 6.92 Å². The van der Waals surface area contributed by atoms with Crippen LogP contribution in [0.5, 0.6) is 0 Å². The SMILES string of the molecule is C/C(=C\c1ccc(C)cc1)CCO.